The van der Waals surface area contributed by atoms with Gasteiger partial charge in [-0.05, 0) is 69.1 Å². The van der Waals surface area contributed by atoms with Crippen molar-refractivity contribution in [2.24, 2.45) is 33.6 Å². The summed E-state index contributed by atoms with van der Waals surface area (Å²) in [6.07, 6.45) is 9.68. The number of ketones is 2. The van der Waals surface area contributed by atoms with E-state index >= 15 is 0 Å². The third-order valence-corrected chi connectivity index (χ3v) is 7.79. The highest BCUT2D eigenvalue weighted by Gasteiger charge is 2.60. The van der Waals surface area contributed by atoms with Gasteiger partial charge in [0.1, 0.15) is 5.78 Å². The molecular formula is C20H27NO2. The number of Topliss-reactive ketones (excluding diaryl/α,β-unsaturated/α-hetero) is 1. The zero-order chi connectivity index (χ0) is 16.2. The fourth-order valence-corrected chi connectivity index (χ4v) is 6.63. The van der Waals surface area contributed by atoms with Gasteiger partial charge in [0.25, 0.3) is 0 Å². The Morgan fingerprint density at radius 2 is 1.96 bits per heavy atom. The van der Waals surface area contributed by atoms with Gasteiger partial charge in [-0.3, -0.25) is 9.59 Å². The van der Waals surface area contributed by atoms with Gasteiger partial charge in [-0.1, -0.05) is 12.5 Å². The third-order valence-electron chi connectivity index (χ3n) is 7.79. The van der Waals surface area contributed by atoms with Gasteiger partial charge in [-0.2, -0.15) is 0 Å². The van der Waals surface area contributed by atoms with E-state index < -0.39 is 0 Å². The van der Waals surface area contributed by atoms with Gasteiger partial charge in [0.2, 0.25) is 0 Å². The van der Waals surface area contributed by atoms with E-state index in [2.05, 4.69) is 18.6 Å². The Morgan fingerprint density at radius 1 is 1.13 bits per heavy atom. The fraction of sp³-hybridized carbons (Fsp3) is 0.750. The summed E-state index contributed by atoms with van der Waals surface area (Å²) in [6, 6.07) is 0. The van der Waals surface area contributed by atoms with Crippen LogP contribution in [0, 0.1) is 28.6 Å². The van der Waals surface area contributed by atoms with Gasteiger partial charge in [0.15, 0.2) is 5.78 Å². The minimum atomic E-state index is -0.0737. The minimum absolute atomic E-state index is 0.0611. The Morgan fingerprint density at radius 3 is 2.74 bits per heavy atom. The zero-order valence-electron chi connectivity index (χ0n) is 14.1. The van der Waals surface area contributed by atoms with Crippen molar-refractivity contribution in [3.8, 4) is 0 Å². The number of carbonyl (C=O) groups is 2. The quantitative estimate of drug-likeness (QED) is 0.729. The van der Waals surface area contributed by atoms with Crippen LogP contribution in [-0.4, -0.2) is 24.8 Å². The summed E-state index contributed by atoms with van der Waals surface area (Å²) >= 11 is 0. The van der Waals surface area contributed by atoms with Crippen LogP contribution in [0.2, 0.25) is 0 Å². The molecule has 4 aliphatic rings. The van der Waals surface area contributed by atoms with E-state index in [1.807, 2.05) is 6.08 Å². The molecule has 0 spiro atoms. The molecular weight excluding hydrogens is 286 g/mol. The van der Waals surface area contributed by atoms with Crippen molar-refractivity contribution in [3.05, 3.63) is 11.6 Å². The first-order chi connectivity index (χ1) is 11.0. The van der Waals surface area contributed by atoms with Crippen LogP contribution in [0.5, 0.6) is 0 Å². The Labute approximate surface area is 138 Å². The molecule has 4 aliphatic carbocycles. The molecule has 0 aliphatic heterocycles. The second-order valence-corrected chi connectivity index (χ2v) is 8.51. The molecule has 3 nitrogen and oxygen atoms in total. The summed E-state index contributed by atoms with van der Waals surface area (Å²) in [5.74, 6) is 2.55. The van der Waals surface area contributed by atoms with Crippen LogP contribution < -0.4 is 0 Å². The van der Waals surface area contributed by atoms with Crippen molar-refractivity contribution < 1.29 is 9.59 Å². The summed E-state index contributed by atoms with van der Waals surface area (Å²) in [5, 5.41) is 0. The van der Waals surface area contributed by atoms with Gasteiger partial charge in [0, 0.05) is 30.2 Å². The first-order valence-electron chi connectivity index (χ1n) is 9.21. The summed E-state index contributed by atoms with van der Waals surface area (Å²) in [5.41, 5.74) is 1.33. The van der Waals surface area contributed by atoms with E-state index in [0.29, 0.717) is 30.0 Å². The molecule has 0 amide bonds. The van der Waals surface area contributed by atoms with E-state index in [9.17, 15) is 9.59 Å². The van der Waals surface area contributed by atoms with Crippen LogP contribution >= 0.6 is 0 Å². The monoisotopic (exact) mass is 313 g/mol. The maximum atomic E-state index is 12.5. The summed E-state index contributed by atoms with van der Waals surface area (Å²) in [4.78, 5) is 28.7. The molecule has 0 aromatic carbocycles. The second-order valence-electron chi connectivity index (χ2n) is 8.51. The lowest BCUT2D eigenvalue weighted by Crippen LogP contribution is -2.52. The van der Waals surface area contributed by atoms with Crippen molar-refractivity contribution >= 4 is 18.3 Å². The normalized spacial score (nSPS) is 45.8. The van der Waals surface area contributed by atoms with Gasteiger partial charge >= 0.3 is 0 Å². The van der Waals surface area contributed by atoms with Gasteiger partial charge in [-0.15, -0.1) is 0 Å². The Balaban J connectivity index is 1.74. The summed E-state index contributed by atoms with van der Waals surface area (Å²) in [6.45, 7) is 6.75. The van der Waals surface area contributed by atoms with Crippen LogP contribution in [0.1, 0.15) is 58.3 Å². The van der Waals surface area contributed by atoms with E-state index in [0.717, 1.165) is 51.5 Å². The van der Waals surface area contributed by atoms with E-state index in [1.165, 1.54) is 5.57 Å². The minimum Gasteiger partial charge on any atom is -0.300 e. The lowest BCUT2D eigenvalue weighted by atomic mass is 9.47. The lowest BCUT2D eigenvalue weighted by Gasteiger charge is -2.57. The smallest absolute Gasteiger partial charge is 0.155 e. The molecule has 0 heterocycles. The summed E-state index contributed by atoms with van der Waals surface area (Å²) < 4.78 is 0. The molecule has 0 radical (unpaired) electrons. The van der Waals surface area contributed by atoms with Gasteiger partial charge < -0.3 is 4.99 Å². The molecule has 23 heavy (non-hydrogen) atoms. The van der Waals surface area contributed by atoms with Crippen molar-refractivity contribution in [1.82, 2.24) is 0 Å². The van der Waals surface area contributed by atoms with Crippen molar-refractivity contribution in [1.29, 1.82) is 0 Å². The maximum Gasteiger partial charge on any atom is 0.155 e. The molecule has 5 atom stereocenters. The molecule has 0 aromatic heterocycles. The van der Waals surface area contributed by atoms with Crippen LogP contribution in [0.4, 0.5) is 0 Å². The lowest BCUT2D eigenvalue weighted by molar-refractivity contribution is -0.132. The number of rotatable bonds is 2. The van der Waals surface area contributed by atoms with Crippen molar-refractivity contribution in [2.75, 3.05) is 6.54 Å². The molecule has 3 saturated carbocycles. The standard InChI is InChI=1S/C20H27NO2/c1-19-9-8-17-15(16(19)5-6-18(19)23)4-3-13-11-14(22)7-10-20(13,17)12-21-2/h11,15-17H,2-10,12H2,1H3/t15-,16-,17+,19-,20+/m0/s1. The Hall–Kier alpha value is -1.25. The van der Waals surface area contributed by atoms with Crippen LogP contribution in [0.25, 0.3) is 0 Å². The van der Waals surface area contributed by atoms with Crippen LogP contribution in [0.15, 0.2) is 16.6 Å². The molecule has 3 heteroatoms. The maximum absolute atomic E-state index is 12.5. The molecule has 0 bridgehead atoms. The third kappa shape index (κ3) is 1.98. The van der Waals surface area contributed by atoms with Gasteiger partial charge in [0.05, 0.1) is 0 Å². The Kier molecular flexibility index (Phi) is 3.40. The fourth-order valence-electron chi connectivity index (χ4n) is 6.63. The van der Waals surface area contributed by atoms with Gasteiger partial charge in [-0.25, -0.2) is 0 Å². The highest BCUT2D eigenvalue weighted by atomic mass is 16.1. The topological polar surface area (TPSA) is 46.5 Å². The first-order valence-corrected chi connectivity index (χ1v) is 9.21. The Bertz CT molecular complexity index is 607. The molecule has 0 saturated heterocycles. The highest BCUT2D eigenvalue weighted by molar-refractivity contribution is 5.92. The molecule has 3 fully saturated rings. The number of hydrogen-bond donors (Lipinski definition) is 0. The van der Waals surface area contributed by atoms with E-state index in [4.69, 9.17) is 0 Å². The van der Waals surface area contributed by atoms with Crippen LogP contribution in [-0.2, 0) is 9.59 Å². The number of hydrogen-bond acceptors (Lipinski definition) is 3. The second kappa shape index (κ2) is 5.12. The zero-order valence-corrected chi connectivity index (χ0v) is 14.1. The van der Waals surface area contributed by atoms with E-state index in [-0.39, 0.29) is 16.6 Å². The average Bonchev–Trinajstić information content (AvgIpc) is 2.84. The predicted molar refractivity (Wildman–Crippen MR) is 90.5 cm³/mol. The summed E-state index contributed by atoms with van der Waals surface area (Å²) in [7, 11) is 0. The molecule has 0 aromatic rings. The molecule has 124 valence electrons. The van der Waals surface area contributed by atoms with Crippen LogP contribution in [0.3, 0.4) is 0 Å². The number of carbonyl (C=O) groups excluding carboxylic acids is 2. The average molecular weight is 313 g/mol. The van der Waals surface area contributed by atoms with Crippen molar-refractivity contribution in [3.63, 3.8) is 0 Å². The molecule has 4 rings (SSSR count). The van der Waals surface area contributed by atoms with E-state index in [1.54, 1.807) is 0 Å². The number of nitrogens with zero attached hydrogens (tertiary/aromatic N) is 1. The first kappa shape index (κ1) is 15.3. The molecule has 0 N–H and O–H groups in total. The highest BCUT2D eigenvalue weighted by Crippen LogP contribution is 2.64. The number of fused-ring (bicyclic) bond motifs is 5. The largest absolute Gasteiger partial charge is 0.300 e. The number of aliphatic imine (C=N–C) groups is 1. The molecule has 0 unspecified atom stereocenters. The van der Waals surface area contributed by atoms with Crippen molar-refractivity contribution in [2.45, 2.75) is 58.3 Å². The predicted octanol–water partition coefficient (Wildman–Crippen LogP) is 3.77. The SMILES string of the molecule is C=NC[C@]12CCC(=O)C=C1CC[C@@H]1[C@H]2CC[C@]2(C)C(=O)CC[C@@H]12.